The molecule has 1 aliphatic rings. The Bertz CT molecular complexity index is 883. The average Bonchev–Trinajstić information content (AvgIpc) is 3.04. The number of methoxy groups -OCH3 is 1. The Kier molecular flexibility index (Phi) is 4.87. The minimum absolute atomic E-state index is 0.162. The van der Waals surface area contributed by atoms with Crippen LogP contribution in [0, 0.1) is 11.3 Å². The first kappa shape index (κ1) is 16.8. The first-order chi connectivity index (χ1) is 12.2. The van der Waals surface area contributed by atoms with Crippen molar-refractivity contribution < 1.29 is 14.3 Å². The van der Waals surface area contributed by atoms with Gasteiger partial charge in [0.05, 0.1) is 12.9 Å². The van der Waals surface area contributed by atoms with E-state index in [1.54, 1.807) is 12.1 Å². The summed E-state index contributed by atoms with van der Waals surface area (Å²) in [6, 6.07) is 19.1. The van der Waals surface area contributed by atoms with Gasteiger partial charge in [-0.2, -0.15) is 5.26 Å². The molecule has 0 atom stereocenters. The molecule has 6 heteroatoms. The number of benzene rings is 2. The summed E-state index contributed by atoms with van der Waals surface area (Å²) in [4.78, 5) is 25.5. The van der Waals surface area contributed by atoms with Gasteiger partial charge in [-0.25, -0.2) is 4.79 Å². The number of amides is 1. The molecule has 1 aliphatic heterocycles. The molecule has 0 bridgehead atoms. The summed E-state index contributed by atoms with van der Waals surface area (Å²) >= 11 is 1.16. The molecule has 0 unspecified atom stereocenters. The molecule has 0 N–H and O–H groups in total. The molecule has 0 saturated carbocycles. The van der Waals surface area contributed by atoms with Gasteiger partial charge in [0, 0.05) is 5.69 Å². The first-order valence-corrected chi connectivity index (χ1v) is 8.48. The van der Waals surface area contributed by atoms with Gasteiger partial charge < -0.3 is 4.74 Å². The number of esters is 1. The number of ether oxygens (including phenoxy) is 1. The quantitative estimate of drug-likeness (QED) is 0.482. The second kappa shape index (κ2) is 7.24. The van der Waals surface area contributed by atoms with E-state index in [0.29, 0.717) is 10.7 Å². The number of carbonyl (C=O) groups is 2. The molecule has 1 saturated heterocycles. The lowest BCUT2D eigenvalue weighted by atomic mass is 10.1. The van der Waals surface area contributed by atoms with Crippen molar-refractivity contribution in [3.63, 3.8) is 0 Å². The summed E-state index contributed by atoms with van der Waals surface area (Å²) < 4.78 is 4.64. The third-order valence-electron chi connectivity index (χ3n) is 3.73. The fourth-order valence-electron chi connectivity index (χ4n) is 2.53. The summed E-state index contributed by atoms with van der Waals surface area (Å²) in [5, 5.41) is 9.58. The zero-order chi connectivity index (χ0) is 17.8. The van der Waals surface area contributed by atoms with Crippen molar-refractivity contribution in [1.29, 1.82) is 5.26 Å². The van der Waals surface area contributed by atoms with Crippen LogP contribution in [-0.4, -0.2) is 24.7 Å². The Balaban J connectivity index is 1.99. The molecular weight excluding hydrogens is 336 g/mol. The smallest absolute Gasteiger partial charge is 0.351 e. The van der Waals surface area contributed by atoms with Crippen LogP contribution in [0.15, 0.2) is 65.2 Å². The van der Waals surface area contributed by atoms with E-state index in [4.69, 9.17) is 0 Å². The van der Waals surface area contributed by atoms with Gasteiger partial charge in [0.1, 0.15) is 11.1 Å². The lowest BCUT2D eigenvalue weighted by Gasteiger charge is -2.18. The summed E-state index contributed by atoms with van der Waals surface area (Å²) in [6.45, 7) is 0. The Morgan fingerprint density at radius 1 is 1.12 bits per heavy atom. The normalized spacial score (nSPS) is 15.7. The third kappa shape index (κ3) is 3.28. The number of carbonyl (C=O) groups excluding carboxylic acids is 2. The van der Waals surface area contributed by atoms with Crippen LogP contribution in [0.1, 0.15) is 0 Å². The second-order valence-corrected chi connectivity index (χ2v) is 6.18. The van der Waals surface area contributed by atoms with Gasteiger partial charge in [-0.15, -0.1) is 0 Å². The van der Waals surface area contributed by atoms with Gasteiger partial charge in [0.25, 0.3) is 0 Å². The summed E-state index contributed by atoms with van der Waals surface area (Å²) in [5.74, 6) is -0.743. The maximum Gasteiger partial charge on any atom is 0.351 e. The monoisotopic (exact) mass is 350 g/mol. The lowest BCUT2D eigenvalue weighted by molar-refractivity contribution is -0.135. The molecule has 1 amide bonds. The molecule has 25 heavy (non-hydrogen) atoms. The fourth-order valence-corrected chi connectivity index (χ4v) is 3.53. The van der Waals surface area contributed by atoms with Gasteiger partial charge in [-0.1, -0.05) is 54.2 Å². The Labute approximate surface area is 149 Å². The zero-order valence-corrected chi connectivity index (χ0v) is 14.2. The van der Waals surface area contributed by atoms with Crippen molar-refractivity contribution in [3.05, 3.63) is 65.2 Å². The summed E-state index contributed by atoms with van der Waals surface area (Å²) in [7, 11) is 1.21. The van der Waals surface area contributed by atoms with Crippen molar-refractivity contribution in [2.24, 2.45) is 0 Å². The van der Waals surface area contributed by atoms with Crippen LogP contribution in [0.3, 0.4) is 0 Å². The van der Waals surface area contributed by atoms with Crippen LogP contribution in [0.5, 0.6) is 0 Å². The SMILES string of the molecule is COC(=O)/C(C#N)=C1\SCC(=O)N1c1ccc(-c2ccccc2)cc1. The van der Waals surface area contributed by atoms with E-state index in [1.165, 1.54) is 12.0 Å². The number of hydrogen-bond acceptors (Lipinski definition) is 5. The van der Waals surface area contributed by atoms with E-state index in [9.17, 15) is 14.9 Å². The van der Waals surface area contributed by atoms with Crippen LogP contribution < -0.4 is 4.90 Å². The van der Waals surface area contributed by atoms with Crippen molar-refractivity contribution in [2.45, 2.75) is 0 Å². The van der Waals surface area contributed by atoms with Crippen LogP contribution in [0.25, 0.3) is 11.1 Å². The minimum atomic E-state index is -0.745. The van der Waals surface area contributed by atoms with Crippen LogP contribution in [-0.2, 0) is 14.3 Å². The molecule has 0 spiro atoms. The topological polar surface area (TPSA) is 70.4 Å². The Morgan fingerprint density at radius 2 is 1.76 bits per heavy atom. The largest absolute Gasteiger partial charge is 0.465 e. The number of hydrogen-bond donors (Lipinski definition) is 0. The van der Waals surface area contributed by atoms with Crippen LogP contribution >= 0.6 is 11.8 Å². The zero-order valence-electron chi connectivity index (χ0n) is 13.4. The maximum absolute atomic E-state index is 12.3. The molecule has 0 aromatic heterocycles. The van der Waals surface area contributed by atoms with Gasteiger partial charge in [-0.05, 0) is 23.3 Å². The molecule has 3 rings (SSSR count). The molecule has 2 aromatic carbocycles. The predicted octanol–water partition coefficient (Wildman–Crippen LogP) is 3.34. The van der Waals surface area contributed by atoms with Gasteiger partial charge in [-0.3, -0.25) is 9.69 Å². The van der Waals surface area contributed by atoms with Gasteiger partial charge >= 0.3 is 5.97 Å². The van der Waals surface area contributed by atoms with E-state index >= 15 is 0 Å². The number of nitriles is 1. The van der Waals surface area contributed by atoms with E-state index in [-0.39, 0.29) is 17.2 Å². The summed E-state index contributed by atoms with van der Waals surface area (Å²) in [6.07, 6.45) is 0. The van der Waals surface area contributed by atoms with Crippen molar-refractivity contribution in [1.82, 2.24) is 0 Å². The minimum Gasteiger partial charge on any atom is -0.465 e. The molecule has 1 heterocycles. The number of rotatable bonds is 3. The van der Waals surface area contributed by atoms with E-state index in [0.717, 1.165) is 22.9 Å². The fraction of sp³-hybridized carbons (Fsp3) is 0.105. The number of anilines is 1. The highest BCUT2D eigenvalue weighted by Gasteiger charge is 2.33. The standard InChI is InChI=1S/C19H14N2O3S/c1-24-19(23)16(11-20)18-21(17(22)12-25-18)15-9-7-14(8-10-15)13-5-3-2-4-6-13/h2-10H,12H2,1H3/b18-16-. The molecule has 2 aromatic rings. The second-order valence-electron chi connectivity index (χ2n) is 5.21. The van der Waals surface area contributed by atoms with Crippen LogP contribution in [0.2, 0.25) is 0 Å². The molecule has 1 fully saturated rings. The average molecular weight is 350 g/mol. The van der Waals surface area contributed by atoms with E-state index < -0.39 is 5.97 Å². The van der Waals surface area contributed by atoms with Crippen molar-refractivity contribution in [3.8, 4) is 17.2 Å². The first-order valence-electron chi connectivity index (χ1n) is 7.49. The van der Waals surface area contributed by atoms with E-state index in [1.807, 2.05) is 48.5 Å². The Hall–Kier alpha value is -3.04. The Morgan fingerprint density at radius 3 is 2.36 bits per heavy atom. The highest BCUT2D eigenvalue weighted by Crippen LogP contribution is 2.37. The molecular formula is C19H14N2O3S. The van der Waals surface area contributed by atoms with Crippen molar-refractivity contribution in [2.75, 3.05) is 17.8 Å². The summed E-state index contributed by atoms with van der Waals surface area (Å²) in [5.41, 5.74) is 2.54. The van der Waals surface area contributed by atoms with E-state index in [2.05, 4.69) is 4.74 Å². The molecule has 5 nitrogen and oxygen atoms in total. The predicted molar refractivity (Wildman–Crippen MR) is 96.5 cm³/mol. The highest BCUT2D eigenvalue weighted by molar-refractivity contribution is 8.04. The number of thioether (sulfide) groups is 1. The number of nitrogens with zero attached hydrogens (tertiary/aromatic N) is 2. The molecule has 0 aliphatic carbocycles. The highest BCUT2D eigenvalue weighted by atomic mass is 32.2. The van der Waals surface area contributed by atoms with Crippen LogP contribution in [0.4, 0.5) is 5.69 Å². The molecule has 124 valence electrons. The van der Waals surface area contributed by atoms with Gasteiger partial charge in [0.15, 0.2) is 5.57 Å². The van der Waals surface area contributed by atoms with Gasteiger partial charge in [0.2, 0.25) is 5.91 Å². The third-order valence-corrected chi connectivity index (χ3v) is 4.78. The van der Waals surface area contributed by atoms with Crippen molar-refractivity contribution >= 4 is 29.3 Å². The maximum atomic E-state index is 12.3. The lowest BCUT2D eigenvalue weighted by Crippen LogP contribution is -2.25. The molecule has 0 radical (unpaired) electrons.